The molecule has 2 heterocycles. The van der Waals surface area contributed by atoms with Gasteiger partial charge in [0.15, 0.2) is 6.61 Å². The van der Waals surface area contributed by atoms with Crippen LogP contribution < -0.4 is 15.0 Å². The van der Waals surface area contributed by atoms with E-state index in [1.54, 1.807) is 23.5 Å². The Labute approximate surface area is 198 Å². The standard InChI is InChI=1S/C24H22F3N3O3S/c1-3-6-21-28-18(13-34-21)15-9-10-20-19(11-15)30(22(31)12-33-20)14(2)23(32)29-17-8-5-4-7-16(17)24(25,26)27/h4-5,7-11,13-14H,3,6,12H2,1-2H3,(H,29,32). The second-order valence-corrected chi connectivity index (χ2v) is 8.76. The minimum atomic E-state index is -4.63. The number of aromatic nitrogens is 1. The molecule has 2 aromatic carbocycles. The van der Waals surface area contributed by atoms with Crippen molar-refractivity contribution in [1.82, 2.24) is 4.98 Å². The van der Waals surface area contributed by atoms with Crippen molar-refractivity contribution in [2.24, 2.45) is 0 Å². The van der Waals surface area contributed by atoms with Crippen molar-refractivity contribution >= 4 is 34.5 Å². The number of halogens is 3. The minimum absolute atomic E-state index is 0.277. The van der Waals surface area contributed by atoms with Gasteiger partial charge in [0.1, 0.15) is 11.8 Å². The first-order chi connectivity index (χ1) is 16.2. The summed E-state index contributed by atoms with van der Waals surface area (Å²) in [5.41, 5.74) is 0.525. The zero-order chi connectivity index (χ0) is 24.5. The van der Waals surface area contributed by atoms with Crippen molar-refractivity contribution in [2.75, 3.05) is 16.8 Å². The topological polar surface area (TPSA) is 71.5 Å². The molecule has 0 fully saturated rings. The smallest absolute Gasteiger partial charge is 0.418 e. The molecule has 1 aliphatic heterocycles. The Balaban J connectivity index is 1.63. The Morgan fingerprint density at radius 3 is 2.76 bits per heavy atom. The average Bonchev–Trinajstić information content (AvgIpc) is 3.27. The highest BCUT2D eigenvalue weighted by atomic mass is 32.1. The molecule has 178 valence electrons. The second-order valence-electron chi connectivity index (χ2n) is 7.82. The molecule has 0 saturated carbocycles. The fraction of sp³-hybridized carbons (Fsp3) is 0.292. The van der Waals surface area contributed by atoms with Gasteiger partial charge >= 0.3 is 6.18 Å². The van der Waals surface area contributed by atoms with Crippen LogP contribution in [-0.2, 0) is 22.2 Å². The largest absolute Gasteiger partial charge is 0.482 e. The summed E-state index contributed by atoms with van der Waals surface area (Å²) in [6, 6.07) is 8.86. The van der Waals surface area contributed by atoms with Gasteiger partial charge in [-0.15, -0.1) is 11.3 Å². The molecule has 1 unspecified atom stereocenters. The summed E-state index contributed by atoms with van der Waals surface area (Å²) in [6.45, 7) is 3.26. The highest BCUT2D eigenvalue weighted by Gasteiger charge is 2.36. The van der Waals surface area contributed by atoms with Crippen molar-refractivity contribution in [3.05, 3.63) is 58.4 Å². The number of nitrogens with one attached hydrogen (secondary N) is 1. The van der Waals surface area contributed by atoms with Crippen LogP contribution in [0.1, 0.15) is 30.8 Å². The number of aryl methyl sites for hydroxylation is 1. The van der Waals surface area contributed by atoms with Crippen molar-refractivity contribution in [1.29, 1.82) is 0 Å². The van der Waals surface area contributed by atoms with Gasteiger partial charge in [0.05, 0.1) is 27.6 Å². The van der Waals surface area contributed by atoms with E-state index in [0.29, 0.717) is 11.4 Å². The summed E-state index contributed by atoms with van der Waals surface area (Å²) in [6.07, 6.45) is -2.80. The molecule has 6 nitrogen and oxygen atoms in total. The molecule has 0 saturated heterocycles. The SMILES string of the molecule is CCCc1nc(-c2ccc3c(c2)N(C(C)C(=O)Nc2ccccc2C(F)(F)F)C(=O)CO3)cs1. The van der Waals surface area contributed by atoms with E-state index in [1.807, 2.05) is 11.4 Å². The van der Waals surface area contributed by atoms with Crippen LogP contribution in [0.5, 0.6) is 5.75 Å². The number of benzene rings is 2. The maximum atomic E-state index is 13.3. The van der Waals surface area contributed by atoms with E-state index >= 15 is 0 Å². The summed E-state index contributed by atoms with van der Waals surface area (Å²) in [7, 11) is 0. The van der Waals surface area contributed by atoms with Crippen LogP contribution in [0.3, 0.4) is 0 Å². The lowest BCUT2D eigenvalue weighted by molar-refractivity contribution is -0.137. The zero-order valence-corrected chi connectivity index (χ0v) is 19.3. The first-order valence-corrected chi connectivity index (χ1v) is 11.6. The molecule has 1 atom stereocenters. The molecule has 0 aliphatic carbocycles. The number of para-hydroxylation sites is 1. The molecule has 2 amide bonds. The molecule has 1 N–H and O–H groups in total. The van der Waals surface area contributed by atoms with Gasteiger partial charge in [0.25, 0.3) is 5.91 Å². The van der Waals surface area contributed by atoms with Crippen LogP contribution in [0, 0.1) is 0 Å². The monoisotopic (exact) mass is 489 g/mol. The van der Waals surface area contributed by atoms with E-state index in [9.17, 15) is 22.8 Å². The lowest BCUT2D eigenvalue weighted by atomic mass is 10.1. The lowest BCUT2D eigenvalue weighted by Crippen LogP contribution is -2.49. The Kier molecular flexibility index (Phi) is 6.60. The zero-order valence-electron chi connectivity index (χ0n) is 18.5. The molecule has 1 aliphatic rings. The number of fused-ring (bicyclic) bond motifs is 1. The van der Waals surface area contributed by atoms with Gasteiger partial charge in [-0.3, -0.25) is 14.5 Å². The van der Waals surface area contributed by atoms with Gasteiger partial charge in [-0.2, -0.15) is 13.2 Å². The fourth-order valence-electron chi connectivity index (χ4n) is 3.72. The number of rotatable bonds is 6. The second kappa shape index (κ2) is 9.46. The normalized spacial score (nSPS) is 14.4. The van der Waals surface area contributed by atoms with Crippen LogP contribution in [0.2, 0.25) is 0 Å². The van der Waals surface area contributed by atoms with Crippen molar-refractivity contribution in [3.63, 3.8) is 0 Å². The Hall–Kier alpha value is -3.40. The van der Waals surface area contributed by atoms with E-state index in [4.69, 9.17) is 4.74 Å². The number of amides is 2. The number of anilines is 2. The third kappa shape index (κ3) is 4.77. The molecule has 0 bridgehead atoms. The van der Waals surface area contributed by atoms with Crippen LogP contribution in [0.15, 0.2) is 47.8 Å². The molecule has 10 heteroatoms. The van der Waals surface area contributed by atoms with E-state index < -0.39 is 29.6 Å². The van der Waals surface area contributed by atoms with Crippen molar-refractivity contribution in [3.8, 4) is 17.0 Å². The van der Waals surface area contributed by atoms with Gasteiger partial charge in [0.2, 0.25) is 5.91 Å². The number of hydrogen-bond acceptors (Lipinski definition) is 5. The molecule has 3 aromatic rings. The number of hydrogen-bond donors (Lipinski definition) is 1. The average molecular weight is 490 g/mol. The third-order valence-corrected chi connectivity index (χ3v) is 6.32. The highest BCUT2D eigenvalue weighted by Crippen LogP contribution is 2.38. The molecule has 0 spiro atoms. The summed E-state index contributed by atoms with van der Waals surface area (Å²) in [5, 5.41) is 5.24. The number of carbonyl (C=O) groups is 2. The Morgan fingerprint density at radius 1 is 1.26 bits per heavy atom. The first kappa shape index (κ1) is 23.7. The Bertz CT molecular complexity index is 1230. The summed E-state index contributed by atoms with van der Waals surface area (Å²) in [4.78, 5) is 31.6. The predicted octanol–water partition coefficient (Wildman–Crippen LogP) is 5.53. The van der Waals surface area contributed by atoms with Crippen LogP contribution in [0.25, 0.3) is 11.3 Å². The summed E-state index contributed by atoms with van der Waals surface area (Å²) in [5.74, 6) is -0.814. The molecular formula is C24H22F3N3O3S. The van der Waals surface area contributed by atoms with Crippen molar-refractivity contribution < 1.29 is 27.5 Å². The van der Waals surface area contributed by atoms with Crippen LogP contribution in [-0.4, -0.2) is 29.4 Å². The predicted molar refractivity (Wildman–Crippen MR) is 124 cm³/mol. The molecule has 4 rings (SSSR count). The maximum absolute atomic E-state index is 13.3. The fourth-order valence-corrected chi connectivity index (χ4v) is 4.63. The van der Waals surface area contributed by atoms with E-state index in [2.05, 4.69) is 17.2 Å². The molecule has 34 heavy (non-hydrogen) atoms. The van der Waals surface area contributed by atoms with Gasteiger partial charge in [0, 0.05) is 10.9 Å². The lowest BCUT2D eigenvalue weighted by Gasteiger charge is -2.33. The molecule has 1 aromatic heterocycles. The minimum Gasteiger partial charge on any atom is -0.482 e. The van der Waals surface area contributed by atoms with E-state index in [-0.39, 0.29) is 12.3 Å². The maximum Gasteiger partial charge on any atom is 0.418 e. The van der Waals surface area contributed by atoms with Crippen molar-refractivity contribution in [2.45, 2.75) is 38.9 Å². The number of thiazole rings is 1. The molecule has 0 radical (unpaired) electrons. The quantitative estimate of drug-likeness (QED) is 0.494. The van der Waals surface area contributed by atoms with Gasteiger partial charge in [-0.1, -0.05) is 19.1 Å². The van der Waals surface area contributed by atoms with E-state index in [0.717, 1.165) is 35.2 Å². The van der Waals surface area contributed by atoms with Gasteiger partial charge in [-0.25, -0.2) is 4.98 Å². The number of alkyl halides is 3. The summed E-state index contributed by atoms with van der Waals surface area (Å²) < 4.78 is 45.5. The number of nitrogens with zero attached hydrogens (tertiary/aromatic N) is 2. The third-order valence-electron chi connectivity index (χ3n) is 5.41. The van der Waals surface area contributed by atoms with E-state index in [1.165, 1.54) is 30.0 Å². The van der Waals surface area contributed by atoms with Crippen LogP contribution in [0.4, 0.5) is 24.5 Å². The summed E-state index contributed by atoms with van der Waals surface area (Å²) >= 11 is 1.54. The number of carbonyl (C=O) groups excluding carboxylic acids is 2. The van der Waals surface area contributed by atoms with Crippen LogP contribution >= 0.6 is 11.3 Å². The Morgan fingerprint density at radius 2 is 2.03 bits per heavy atom. The molecular weight excluding hydrogens is 467 g/mol. The first-order valence-electron chi connectivity index (χ1n) is 10.7. The van der Waals surface area contributed by atoms with Gasteiger partial charge < -0.3 is 10.1 Å². The number of ether oxygens (including phenoxy) is 1. The van der Waals surface area contributed by atoms with Gasteiger partial charge in [-0.05, 0) is 50.1 Å². The highest BCUT2D eigenvalue weighted by molar-refractivity contribution is 7.09.